The summed E-state index contributed by atoms with van der Waals surface area (Å²) in [7, 11) is 0. The molecule has 0 saturated carbocycles. The summed E-state index contributed by atoms with van der Waals surface area (Å²) in [6.45, 7) is 0.377. The minimum absolute atomic E-state index is 0.377. The van der Waals surface area contributed by atoms with Crippen LogP contribution in [-0.4, -0.2) is 19.7 Å². The number of nitrogens with one attached hydrogen (secondary N) is 1. The smallest absolute Gasteiger partial charge is 0.159 e. The lowest BCUT2D eigenvalue weighted by Crippen LogP contribution is -2.02. The maximum atomic E-state index is 13.1. The summed E-state index contributed by atoms with van der Waals surface area (Å²) in [4.78, 5) is 8.07. The Labute approximate surface area is 119 Å². The van der Waals surface area contributed by atoms with Crippen LogP contribution in [0.15, 0.2) is 49.2 Å². The van der Waals surface area contributed by atoms with Gasteiger partial charge in [-0.25, -0.2) is 23.4 Å². The van der Waals surface area contributed by atoms with E-state index in [0.717, 1.165) is 11.8 Å². The number of pyridine rings is 1. The van der Waals surface area contributed by atoms with E-state index in [1.807, 2.05) is 6.07 Å². The summed E-state index contributed by atoms with van der Waals surface area (Å²) in [6.07, 6.45) is 4.62. The van der Waals surface area contributed by atoms with Gasteiger partial charge >= 0.3 is 0 Å². The number of rotatable bonds is 4. The van der Waals surface area contributed by atoms with Crippen molar-refractivity contribution < 1.29 is 8.78 Å². The number of benzene rings is 1. The second kappa shape index (κ2) is 5.66. The number of aromatic nitrogens is 4. The molecule has 0 fully saturated rings. The van der Waals surface area contributed by atoms with Gasteiger partial charge in [0, 0.05) is 6.54 Å². The van der Waals surface area contributed by atoms with Crippen LogP contribution in [0.3, 0.4) is 0 Å². The molecule has 0 bridgehead atoms. The van der Waals surface area contributed by atoms with Crippen LogP contribution in [0.4, 0.5) is 14.5 Å². The van der Waals surface area contributed by atoms with E-state index in [1.54, 1.807) is 23.3 Å². The fourth-order valence-electron chi connectivity index (χ4n) is 1.81. The SMILES string of the molecule is Fc1ccc(CNc2ccc(-n3cncn3)nc2)cc1F. The molecule has 0 radical (unpaired) electrons. The van der Waals surface area contributed by atoms with Gasteiger partial charge in [0.05, 0.1) is 11.9 Å². The summed E-state index contributed by atoms with van der Waals surface area (Å²) in [6, 6.07) is 7.41. The molecule has 21 heavy (non-hydrogen) atoms. The molecule has 0 amide bonds. The van der Waals surface area contributed by atoms with Crippen molar-refractivity contribution in [2.45, 2.75) is 6.54 Å². The molecule has 0 aliphatic carbocycles. The maximum absolute atomic E-state index is 13.1. The lowest BCUT2D eigenvalue weighted by atomic mass is 10.2. The third kappa shape index (κ3) is 3.02. The Morgan fingerprint density at radius 1 is 1.10 bits per heavy atom. The Morgan fingerprint density at radius 3 is 2.67 bits per heavy atom. The quantitative estimate of drug-likeness (QED) is 0.801. The van der Waals surface area contributed by atoms with Crippen LogP contribution < -0.4 is 5.32 Å². The van der Waals surface area contributed by atoms with E-state index in [-0.39, 0.29) is 0 Å². The standard InChI is InChI=1S/C14H11F2N5/c15-12-3-1-10(5-13(12)16)6-18-11-2-4-14(19-7-11)21-9-17-8-20-21/h1-5,7-9,18H,6H2. The average Bonchev–Trinajstić information content (AvgIpc) is 3.03. The molecule has 3 aromatic rings. The van der Waals surface area contributed by atoms with Gasteiger partial charge in [-0.1, -0.05) is 6.07 Å². The zero-order chi connectivity index (χ0) is 14.7. The Kier molecular flexibility index (Phi) is 3.55. The predicted molar refractivity (Wildman–Crippen MR) is 72.8 cm³/mol. The van der Waals surface area contributed by atoms with Crippen LogP contribution in [0.25, 0.3) is 5.82 Å². The lowest BCUT2D eigenvalue weighted by molar-refractivity contribution is 0.507. The summed E-state index contributed by atoms with van der Waals surface area (Å²) in [5.41, 5.74) is 1.41. The van der Waals surface area contributed by atoms with Crippen molar-refractivity contribution >= 4 is 5.69 Å². The number of anilines is 1. The van der Waals surface area contributed by atoms with Crippen molar-refractivity contribution in [3.05, 3.63) is 66.4 Å². The first kappa shape index (κ1) is 13.2. The number of nitrogens with zero attached hydrogens (tertiary/aromatic N) is 4. The first-order chi connectivity index (χ1) is 10.2. The van der Waals surface area contributed by atoms with Crippen LogP contribution in [0.5, 0.6) is 0 Å². The minimum Gasteiger partial charge on any atom is -0.380 e. The van der Waals surface area contributed by atoms with Crippen molar-refractivity contribution in [1.29, 1.82) is 0 Å². The topological polar surface area (TPSA) is 55.6 Å². The first-order valence-corrected chi connectivity index (χ1v) is 6.21. The first-order valence-electron chi connectivity index (χ1n) is 6.21. The maximum Gasteiger partial charge on any atom is 0.159 e. The monoisotopic (exact) mass is 287 g/mol. The van der Waals surface area contributed by atoms with Crippen molar-refractivity contribution in [2.24, 2.45) is 0 Å². The highest BCUT2D eigenvalue weighted by Gasteiger charge is 2.03. The number of hydrogen-bond donors (Lipinski definition) is 1. The van der Waals surface area contributed by atoms with Crippen molar-refractivity contribution in [2.75, 3.05) is 5.32 Å². The van der Waals surface area contributed by atoms with Gasteiger partial charge in [0.15, 0.2) is 17.5 Å². The second-order valence-corrected chi connectivity index (χ2v) is 4.35. The van der Waals surface area contributed by atoms with Crippen molar-refractivity contribution in [1.82, 2.24) is 19.7 Å². The van der Waals surface area contributed by atoms with Crippen LogP contribution in [-0.2, 0) is 6.54 Å². The Morgan fingerprint density at radius 2 is 2.00 bits per heavy atom. The summed E-state index contributed by atoms with van der Waals surface area (Å²) in [5, 5.41) is 7.06. The van der Waals surface area contributed by atoms with E-state index < -0.39 is 11.6 Å². The molecule has 0 spiro atoms. The van der Waals surface area contributed by atoms with Crippen molar-refractivity contribution in [3.63, 3.8) is 0 Å². The van der Waals surface area contributed by atoms with E-state index in [1.165, 1.54) is 18.5 Å². The van der Waals surface area contributed by atoms with Gasteiger partial charge in [0.1, 0.15) is 12.7 Å². The normalized spacial score (nSPS) is 10.6. The van der Waals surface area contributed by atoms with Gasteiger partial charge < -0.3 is 5.32 Å². The number of hydrogen-bond acceptors (Lipinski definition) is 4. The van der Waals surface area contributed by atoms with E-state index in [0.29, 0.717) is 17.9 Å². The third-order valence-corrected chi connectivity index (χ3v) is 2.88. The largest absolute Gasteiger partial charge is 0.380 e. The van der Waals surface area contributed by atoms with E-state index in [2.05, 4.69) is 20.4 Å². The Hall–Kier alpha value is -2.83. The molecule has 7 heteroatoms. The molecule has 0 aliphatic heterocycles. The van der Waals surface area contributed by atoms with Gasteiger partial charge in [-0.15, -0.1) is 0 Å². The molecule has 1 N–H and O–H groups in total. The fourth-order valence-corrected chi connectivity index (χ4v) is 1.81. The van der Waals surface area contributed by atoms with E-state index in [4.69, 9.17) is 0 Å². The molecule has 2 aromatic heterocycles. The highest BCUT2D eigenvalue weighted by atomic mass is 19.2. The molecule has 2 heterocycles. The van der Waals surface area contributed by atoms with Crippen LogP contribution in [0.2, 0.25) is 0 Å². The average molecular weight is 287 g/mol. The van der Waals surface area contributed by atoms with Gasteiger partial charge in [-0.2, -0.15) is 5.10 Å². The molecule has 5 nitrogen and oxygen atoms in total. The third-order valence-electron chi connectivity index (χ3n) is 2.88. The predicted octanol–water partition coefficient (Wildman–Crippen LogP) is 2.55. The lowest BCUT2D eigenvalue weighted by Gasteiger charge is -2.07. The molecule has 0 unspecified atom stereocenters. The fraction of sp³-hybridized carbons (Fsp3) is 0.0714. The summed E-state index contributed by atoms with van der Waals surface area (Å²) >= 11 is 0. The Bertz CT molecular complexity index is 726. The van der Waals surface area contributed by atoms with Gasteiger partial charge in [-0.3, -0.25) is 0 Å². The number of halogens is 2. The zero-order valence-electron chi connectivity index (χ0n) is 10.9. The highest BCUT2D eigenvalue weighted by Crippen LogP contribution is 2.12. The molecule has 3 rings (SSSR count). The van der Waals surface area contributed by atoms with Gasteiger partial charge in [0.25, 0.3) is 0 Å². The van der Waals surface area contributed by atoms with E-state index >= 15 is 0 Å². The summed E-state index contributed by atoms with van der Waals surface area (Å²) in [5.74, 6) is -1.06. The van der Waals surface area contributed by atoms with Gasteiger partial charge in [-0.05, 0) is 29.8 Å². The molecule has 0 aliphatic rings. The van der Waals surface area contributed by atoms with Crippen molar-refractivity contribution in [3.8, 4) is 5.82 Å². The van der Waals surface area contributed by atoms with Crippen LogP contribution in [0.1, 0.15) is 5.56 Å². The second-order valence-electron chi connectivity index (χ2n) is 4.35. The van der Waals surface area contributed by atoms with E-state index in [9.17, 15) is 8.78 Å². The highest BCUT2D eigenvalue weighted by molar-refractivity contribution is 5.44. The van der Waals surface area contributed by atoms with Gasteiger partial charge in [0.2, 0.25) is 0 Å². The zero-order valence-corrected chi connectivity index (χ0v) is 10.9. The molecular formula is C14H11F2N5. The van der Waals surface area contributed by atoms with Crippen LogP contribution in [0, 0.1) is 11.6 Å². The molecular weight excluding hydrogens is 276 g/mol. The molecule has 106 valence electrons. The molecule has 0 atom stereocenters. The Balaban J connectivity index is 1.66. The minimum atomic E-state index is -0.853. The van der Waals surface area contributed by atoms with Crippen LogP contribution >= 0.6 is 0 Å². The summed E-state index contributed by atoms with van der Waals surface area (Å²) < 4.78 is 27.4. The molecule has 1 aromatic carbocycles. The molecule has 0 saturated heterocycles.